The molecule has 0 aliphatic carbocycles. The summed E-state index contributed by atoms with van der Waals surface area (Å²) in [5.41, 5.74) is 2.26. The number of benzene rings is 1. The fraction of sp³-hybridized carbons (Fsp3) is 0.579. The minimum atomic E-state index is -0.0169. The Hall–Kier alpha value is -2.28. The van der Waals surface area contributed by atoms with Crippen LogP contribution in [0.2, 0.25) is 0 Å². The molecule has 1 fully saturated rings. The maximum atomic E-state index is 12.5. The quantitative estimate of drug-likeness (QED) is 0.823. The summed E-state index contributed by atoms with van der Waals surface area (Å²) < 4.78 is 0. The second-order valence-corrected chi connectivity index (χ2v) is 6.91. The molecule has 1 aliphatic rings. The molecule has 0 spiro atoms. The zero-order valence-corrected chi connectivity index (χ0v) is 16.4. The third kappa shape index (κ3) is 5.62. The molecule has 3 amide bonds. The first-order valence-corrected chi connectivity index (χ1v) is 9.16. The molecule has 1 N–H and O–H groups in total. The topological polar surface area (TPSA) is 59.1 Å². The van der Waals surface area contributed by atoms with Crippen molar-refractivity contribution in [3.05, 3.63) is 29.8 Å². The summed E-state index contributed by atoms with van der Waals surface area (Å²) in [6.45, 7) is 6.33. The van der Waals surface area contributed by atoms with Crippen LogP contribution < -0.4 is 10.2 Å². The fourth-order valence-electron chi connectivity index (χ4n) is 2.95. The number of rotatable bonds is 6. The number of carbonyl (C=O) groups is 2. The van der Waals surface area contributed by atoms with E-state index in [0.29, 0.717) is 32.7 Å². The van der Waals surface area contributed by atoms with Crippen LogP contribution in [-0.2, 0) is 11.3 Å². The second kappa shape index (κ2) is 9.43. The van der Waals surface area contributed by atoms with Gasteiger partial charge >= 0.3 is 6.03 Å². The van der Waals surface area contributed by atoms with Gasteiger partial charge in [0.1, 0.15) is 0 Å². The first-order chi connectivity index (χ1) is 12.4. The summed E-state index contributed by atoms with van der Waals surface area (Å²) in [7, 11) is 5.86. The average Bonchev–Trinajstić information content (AvgIpc) is 2.63. The number of amides is 3. The lowest BCUT2D eigenvalue weighted by atomic mass is 10.2. The zero-order chi connectivity index (χ0) is 19.1. The van der Waals surface area contributed by atoms with Gasteiger partial charge in [-0.25, -0.2) is 4.79 Å². The second-order valence-electron chi connectivity index (χ2n) is 6.91. The van der Waals surface area contributed by atoms with Crippen molar-refractivity contribution in [3.8, 4) is 0 Å². The van der Waals surface area contributed by atoms with E-state index >= 15 is 0 Å². The molecule has 0 atom stereocenters. The van der Waals surface area contributed by atoms with Gasteiger partial charge in [-0.1, -0.05) is 12.1 Å². The number of hydrogen-bond donors (Lipinski definition) is 1. The van der Waals surface area contributed by atoms with E-state index in [0.717, 1.165) is 24.3 Å². The van der Waals surface area contributed by atoms with Gasteiger partial charge in [0.15, 0.2) is 0 Å². The van der Waals surface area contributed by atoms with Gasteiger partial charge in [0.05, 0.1) is 6.54 Å². The average molecular weight is 361 g/mol. The summed E-state index contributed by atoms with van der Waals surface area (Å²) in [4.78, 5) is 32.1. The number of likely N-dealkylation sites (N-methyl/N-ethyl adjacent to an activating group) is 1. The van der Waals surface area contributed by atoms with E-state index in [1.54, 1.807) is 9.80 Å². The smallest absolute Gasteiger partial charge is 0.317 e. The highest BCUT2D eigenvalue weighted by Crippen LogP contribution is 2.13. The van der Waals surface area contributed by atoms with Crippen LogP contribution in [0.1, 0.15) is 12.5 Å². The molecular formula is C19H31N5O2. The van der Waals surface area contributed by atoms with Crippen LogP contribution >= 0.6 is 0 Å². The van der Waals surface area contributed by atoms with E-state index in [1.165, 1.54) is 0 Å². The summed E-state index contributed by atoms with van der Waals surface area (Å²) in [5, 5.41) is 2.82. The third-order valence-corrected chi connectivity index (χ3v) is 4.64. The van der Waals surface area contributed by atoms with Gasteiger partial charge in [-0.05, 0) is 24.6 Å². The minimum Gasteiger partial charge on any atom is -0.378 e. The molecule has 0 unspecified atom stereocenters. The van der Waals surface area contributed by atoms with E-state index < -0.39 is 0 Å². The molecule has 2 rings (SSSR count). The lowest BCUT2D eigenvalue weighted by molar-refractivity contribution is -0.132. The molecule has 1 heterocycles. The number of nitrogens with zero attached hydrogens (tertiary/aromatic N) is 4. The van der Waals surface area contributed by atoms with Crippen molar-refractivity contribution in [1.82, 2.24) is 20.0 Å². The van der Waals surface area contributed by atoms with Crippen molar-refractivity contribution >= 4 is 17.6 Å². The van der Waals surface area contributed by atoms with Crippen molar-refractivity contribution in [1.29, 1.82) is 0 Å². The van der Waals surface area contributed by atoms with Crippen LogP contribution in [0.5, 0.6) is 0 Å². The number of hydrogen-bond acceptors (Lipinski definition) is 4. The van der Waals surface area contributed by atoms with Crippen LogP contribution in [0.15, 0.2) is 24.3 Å². The Bertz CT molecular complexity index is 594. The van der Waals surface area contributed by atoms with Crippen molar-refractivity contribution in [2.75, 3.05) is 65.3 Å². The molecule has 0 aromatic heterocycles. The molecule has 144 valence electrons. The van der Waals surface area contributed by atoms with Crippen LogP contribution in [0, 0.1) is 0 Å². The molecule has 26 heavy (non-hydrogen) atoms. The lowest BCUT2D eigenvalue weighted by Gasteiger charge is -2.34. The number of piperazine rings is 1. The molecular weight excluding hydrogens is 330 g/mol. The number of urea groups is 1. The Morgan fingerprint density at radius 1 is 1.04 bits per heavy atom. The van der Waals surface area contributed by atoms with Crippen LogP contribution in [0.4, 0.5) is 10.5 Å². The van der Waals surface area contributed by atoms with E-state index in [1.807, 2.05) is 28.1 Å². The van der Waals surface area contributed by atoms with Gasteiger partial charge in [0.25, 0.3) is 0 Å². The number of carbonyl (C=O) groups excluding carboxylic acids is 2. The zero-order valence-electron chi connectivity index (χ0n) is 16.4. The molecule has 1 saturated heterocycles. The number of nitrogens with one attached hydrogen (secondary N) is 1. The first kappa shape index (κ1) is 20.0. The van der Waals surface area contributed by atoms with Gasteiger partial charge in [0.2, 0.25) is 5.91 Å². The van der Waals surface area contributed by atoms with Crippen molar-refractivity contribution in [3.63, 3.8) is 0 Å². The molecule has 7 heteroatoms. The van der Waals surface area contributed by atoms with Gasteiger partial charge in [-0.3, -0.25) is 9.69 Å². The van der Waals surface area contributed by atoms with E-state index in [9.17, 15) is 9.59 Å². The summed E-state index contributed by atoms with van der Waals surface area (Å²) in [6, 6.07) is 8.23. The van der Waals surface area contributed by atoms with Crippen molar-refractivity contribution in [2.24, 2.45) is 0 Å². The van der Waals surface area contributed by atoms with Crippen LogP contribution in [0.25, 0.3) is 0 Å². The monoisotopic (exact) mass is 361 g/mol. The predicted octanol–water partition coefficient (Wildman–Crippen LogP) is 1.06. The highest BCUT2D eigenvalue weighted by atomic mass is 16.2. The molecule has 1 aromatic rings. The lowest BCUT2D eigenvalue weighted by Crippen LogP contribution is -2.53. The highest BCUT2D eigenvalue weighted by molar-refractivity contribution is 5.78. The van der Waals surface area contributed by atoms with Crippen LogP contribution in [-0.4, -0.2) is 87.0 Å². The Morgan fingerprint density at radius 3 is 2.19 bits per heavy atom. The normalized spacial score (nSPS) is 14.8. The van der Waals surface area contributed by atoms with Gasteiger partial charge < -0.3 is 20.0 Å². The molecule has 0 saturated carbocycles. The van der Waals surface area contributed by atoms with E-state index in [4.69, 9.17) is 0 Å². The molecule has 0 radical (unpaired) electrons. The highest BCUT2D eigenvalue weighted by Gasteiger charge is 2.23. The predicted molar refractivity (Wildman–Crippen MR) is 104 cm³/mol. The Balaban J connectivity index is 1.78. The van der Waals surface area contributed by atoms with Crippen molar-refractivity contribution < 1.29 is 9.59 Å². The van der Waals surface area contributed by atoms with E-state index in [2.05, 4.69) is 39.4 Å². The Kier molecular flexibility index (Phi) is 7.26. The molecule has 0 bridgehead atoms. The maximum absolute atomic E-state index is 12.5. The largest absolute Gasteiger partial charge is 0.378 e. The maximum Gasteiger partial charge on any atom is 0.317 e. The van der Waals surface area contributed by atoms with Gasteiger partial charge in [-0.15, -0.1) is 0 Å². The van der Waals surface area contributed by atoms with Crippen molar-refractivity contribution in [2.45, 2.75) is 13.5 Å². The minimum absolute atomic E-state index is 0.0169. The number of anilines is 1. The van der Waals surface area contributed by atoms with Gasteiger partial charge in [0, 0.05) is 66.1 Å². The summed E-state index contributed by atoms with van der Waals surface area (Å²) >= 11 is 0. The Labute approximate surface area is 156 Å². The van der Waals surface area contributed by atoms with Gasteiger partial charge in [-0.2, -0.15) is 0 Å². The SMILES string of the molecule is CCNC(=O)N1CCN(CC(=O)N(C)Cc2ccc(N(C)C)cc2)CC1. The third-order valence-electron chi connectivity index (χ3n) is 4.64. The standard InChI is InChI=1S/C19H31N5O2/c1-5-20-19(26)24-12-10-23(11-13-24)15-18(25)22(4)14-16-6-8-17(9-7-16)21(2)3/h6-9H,5,10-15H2,1-4H3,(H,20,26). The molecule has 1 aliphatic heterocycles. The summed E-state index contributed by atoms with van der Waals surface area (Å²) in [6.07, 6.45) is 0. The first-order valence-electron chi connectivity index (χ1n) is 9.16. The fourth-order valence-corrected chi connectivity index (χ4v) is 2.95. The molecule has 7 nitrogen and oxygen atoms in total. The summed E-state index contributed by atoms with van der Waals surface area (Å²) in [5.74, 6) is 0.105. The Morgan fingerprint density at radius 2 is 1.65 bits per heavy atom. The van der Waals surface area contributed by atoms with E-state index in [-0.39, 0.29) is 11.9 Å². The van der Waals surface area contributed by atoms with Crippen LogP contribution in [0.3, 0.4) is 0 Å². The molecule has 1 aromatic carbocycles.